The molecule has 0 aromatic carbocycles. The van der Waals surface area contributed by atoms with E-state index in [4.69, 9.17) is 14.7 Å². The molecule has 0 amide bonds. The Kier molecular flexibility index (Phi) is 2.78. The fourth-order valence-corrected chi connectivity index (χ4v) is 1.32. The minimum absolute atomic E-state index is 0.214. The molecule has 0 aliphatic rings. The van der Waals surface area contributed by atoms with E-state index < -0.39 is 0 Å². The Morgan fingerprint density at radius 3 is 2.62 bits per heavy atom. The summed E-state index contributed by atoms with van der Waals surface area (Å²) >= 11 is 0. The molecule has 0 saturated carbocycles. The van der Waals surface area contributed by atoms with Gasteiger partial charge in [-0.1, -0.05) is 19.0 Å². The zero-order valence-corrected chi connectivity index (χ0v) is 9.60. The molecule has 2 rings (SSSR count). The van der Waals surface area contributed by atoms with E-state index in [-0.39, 0.29) is 12.0 Å². The molecule has 0 aliphatic carbocycles. The molecule has 2 aromatic rings. The Morgan fingerprint density at radius 1 is 1.31 bits per heavy atom. The summed E-state index contributed by atoms with van der Waals surface area (Å²) in [6.07, 6.45) is 0. The zero-order chi connectivity index (χ0) is 11.7. The van der Waals surface area contributed by atoms with Gasteiger partial charge in [0, 0.05) is 0 Å². The number of nitrogens with two attached hydrogens (primary N) is 1. The summed E-state index contributed by atoms with van der Waals surface area (Å²) in [5, 5.41) is 3.85. The van der Waals surface area contributed by atoms with Crippen molar-refractivity contribution in [3.05, 3.63) is 23.7 Å². The van der Waals surface area contributed by atoms with Gasteiger partial charge in [0.05, 0.1) is 6.04 Å². The number of rotatable bonds is 3. The summed E-state index contributed by atoms with van der Waals surface area (Å²) < 4.78 is 10.5. The van der Waals surface area contributed by atoms with Crippen LogP contribution in [0.4, 0.5) is 0 Å². The highest BCUT2D eigenvalue weighted by Crippen LogP contribution is 2.22. The third kappa shape index (κ3) is 1.99. The molecule has 2 N–H and O–H groups in total. The van der Waals surface area contributed by atoms with Gasteiger partial charge in [-0.05, 0) is 25.0 Å². The van der Waals surface area contributed by atoms with Crippen molar-refractivity contribution in [1.29, 1.82) is 0 Å². The Morgan fingerprint density at radius 2 is 2.06 bits per heavy atom. The van der Waals surface area contributed by atoms with Gasteiger partial charge in [0.1, 0.15) is 5.76 Å². The maximum atomic E-state index is 5.92. The minimum atomic E-state index is -0.214. The quantitative estimate of drug-likeness (QED) is 0.860. The Labute approximate surface area is 93.6 Å². The van der Waals surface area contributed by atoms with Gasteiger partial charge in [-0.3, -0.25) is 0 Å². The van der Waals surface area contributed by atoms with Crippen molar-refractivity contribution >= 4 is 0 Å². The first-order valence-electron chi connectivity index (χ1n) is 5.24. The van der Waals surface area contributed by atoms with E-state index in [9.17, 15) is 0 Å². The van der Waals surface area contributed by atoms with E-state index in [0.717, 1.165) is 5.76 Å². The average Bonchev–Trinajstić information content (AvgIpc) is 2.84. The van der Waals surface area contributed by atoms with Crippen molar-refractivity contribution in [3.8, 4) is 11.7 Å². The topological polar surface area (TPSA) is 78.1 Å². The standard InChI is InChI=1S/C11H15N3O2/c1-6(2)9(12)10-13-11(16-14-10)8-5-4-7(3)15-8/h4-6,9H,12H2,1-3H3. The number of aryl methyl sites for hydroxylation is 1. The Hall–Kier alpha value is -1.62. The molecule has 0 bridgehead atoms. The molecule has 0 radical (unpaired) electrons. The lowest BCUT2D eigenvalue weighted by molar-refractivity contribution is 0.390. The van der Waals surface area contributed by atoms with Crippen molar-refractivity contribution in [2.24, 2.45) is 11.7 Å². The predicted molar refractivity (Wildman–Crippen MR) is 58.5 cm³/mol. The third-order valence-electron chi connectivity index (χ3n) is 2.41. The highest BCUT2D eigenvalue weighted by molar-refractivity contribution is 5.44. The summed E-state index contributed by atoms with van der Waals surface area (Å²) in [6.45, 7) is 5.89. The predicted octanol–water partition coefficient (Wildman–Crippen LogP) is 2.29. The number of nitrogens with zero attached hydrogens (tertiary/aromatic N) is 2. The monoisotopic (exact) mass is 221 g/mol. The maximum absolute atomic E-state index is 5.92. The molecule has 0 aliphatic heterocycles. The summed E-state index contributed by atoms with van der Waals surface area (Å²) in [5.74, 6) is 2.54. The van der Waals surface area contributed by atoms with Crippen LogP contribution in [0.2, 0.25) is 0 Å². The molecule has 2 heterocycles. The maximum Gasteiger partial charge on any atom is 0.293 e. The lowest BCUT2D eigenvalue weighted by atomic mass is 10.1. The number of aromatic nitrogens is 2. The molecule has 16 heavy (non-hydrogen) atoms. The molecule has 0 saturated heterocycles. The number of hydrogen-bond acceptors (Lipinski definition) is 5. The molecule has 5 heteroatoms. The van der Waals surface area contributed by atoms with E-state index in [0.29, 0.717) is 17.5 Å². The molecule has 1 atom stereocenters. The van der Waals surface area contributed by atoms with Crippen LogP contribution in [0.1, 0.15) is 31.5 Å². The van der Waals surface area contributed by atoms with E-state index in [2.05, 4.69) is 10.1 Å². The van der Waals surface area contributed by atoms with E-state index in [1.807, 2.05) is 26.8 Å². The second-order valence-corrected chi connectivity index (χ2v) is 4.14. The first-order chi connectivity index (χ1) is 7.58. The van der Waals surface area contributed by atoms with Crippen LogP contribution in [0, 0.1) is 12.8 Å². The first-order valence-corrected chi connectivity index (χ1v) is 5.24. The van der Waals surface area contributed by atoms with Crippen LogP contribution in [-0.2, 0) is 0 Å². The van der Waals surface area contributed by atoms with Gasteiger partial charge in [-0.15, -0.1) is 0 Å². The number of hydrogen-bond donors (Lipinski definition) is 1. The van der Waals surface area contributed by atoms with Crippen molar-refractivity contribution in [3.63, 3.8) is 0 Å². The van der Waals surface area contributed by atoms with Gasteiger partial charge in [-0.2, -0.15) is 4.98 Å². The molecule has 5 nitrogen and oxygen atoms in total. The highest BCUT2D eigenvalue weighted by atomic mass is 16.5. The summed E-state index contributed by atoms with van der Waals surface area (Å²) in [6, 6.07) is 3.43. The highest BCUT2D eigenvalue weighted by Gasteiger charge is 2.19. The van der Waals surface area contributed by atoms with Crippen molar-refractivity contribution in [2.45, 2.75) is 26.8 Å². The fraction of sp³-hybridized carbons (Fsp3) is 0.455. The van der Waals surface area contributed by atoms with Gasteiger partial charge >= 0.3 is 0 Å². The average molecular weight is 221 g/mol. The smallest absolute Gasteiger partial charge is 0.293 e. The summed E-state index contributed by atoms with van der Waals surface area (Å²) in [7, 11) is 0. The first kappa shape index (κ1) is 10.9. The second kappa shape index (κ2) is 4.09. The largest absolute Gasteiger partial charge is 0.456 e. The molecule has 2 aromatic heterocycles. The van der Waals surface area contributed by atoms with Crippen LogP contribution in [0.5, 0.6) is 0 Å². The SMILES string of the molecule is Cc1ccc(-c2nc(C(N)C(C)C)no2)o1. The normalized spacial score (nSPS) is 13.3. The molecular weight excluding hydrogens is 206 g/mol. The van der Waals surface area contributed by atoms with Gasteiger partial charge < -0.3 is 14.7 Å². The van der Waals surface area contributed by atoms with Gasteiger partial charge in [-0.25, -0.2) is 0 Å². The summed E-state index contributed by atoms with van der Waals surface area (Å²) in [5.41, 5.74) is 5.92. The van der Waals surface area contributed by atoms with Crippen LogP contribution in [0.15, 0.2) is 21.1 Å². The Bertz CT molecular complexity index is 473. The van der Waals surface area contributed by atoms with Gasteiger partial charge in [0.25, 0.3) is 5.89 Å². The van der Waals surface area contributed by atoms with E-state index >= 15 is 0 Å². The molecule has 1 unspecified atom stereocenters. The molecular formula is C11H15N3O2. The Balaban J connectivity index is 2.26. The second-order valence-electron chi connectivity index (χ2n) is 4.14. The van der Waals surface area contributed by atoms with Gasteiger partial charge in [0.2, 0.25) is 0 Å². The van der Waals surface area contributed by atoms with Crippen LogP contribution >= 0.6 is 0 Å². The number of furan rings is 1. The minimum Gasteiger partial charge on any atom is -0.456 e. The lowest BCUT2D eigenvalue weighted by Crippen LogP contribution is -2.18. The van der Waals surface area contributed by atoms with E-state index in [1.54, 1.807) is 6.07 Å². The van der Waals surface area contributed by atoms with Crippen molar-refractivity contribution < 1.29 is 8.94 Å². The van der Waals surface area contributed by atoms with Crippen LogP contribution in [-0.4, -0.2) is 10.1 Å². The molecule has 0 spiro atoms. The van der Waals surface area contributed by atoms with E-state index in [1.165, 1.54) is 0 Å². The third-order valence-corrected chi connectivity index (χ3v) is 2.41. The summed E-state index contributed by atoms with van der Waals surface area (Å²) in [4.78, 5) is 4.22. The fourth-order valence-electron chi connectivity index (χ4n) is 1.32. The molecule has 86 valence electrons. The van der Waals surface area contributed by atoms with Crippen LogP contribution < -0.4 is 5.73 Å². The molecule has 0 fully saturated rings. The van der Waals surface area contributed by atoms with Gasteiger partial charge in [0.15, 0.2) is 11.6 Å². The zero-order valence-electron chi connectivity index (χ0n) is 9.60. The van der Waals surface area contributed by atoms with Crippen LogP contribution in [0.25, 0.3) is 11.7 Å². The van der Waals surface area contributed by atoms with Crippen molar-refractivity contribution in [1.82, 2.24) is 10.1 Å². The van der Waals surface area contributed by atoms with Crippen molar-refractivity contribution in [2.75, 3.05) is 0 Å². The lowest BCUT2D eigenvalue weighted by Gasteiger charge is -2.09. The van der Waals surface area contributed by atoms with Crippen LogP contribution in [0.3, 0.4) is 0 Å².